The standard InChI is InChI=1S/C22H28F2N4O5S/c1-14(2)34(31,32)27-8-6-26(7-9-27)18-13-25-28(17-11-15(23)10-16(24)12-17)22(30)21(18)33-20-5-3-4-19(20)29/h10-14,19-20,29H,3-9H2,1-2H3/t19-,20+/m1/s1. The third-order valence-corrected chi connectivity index (χ3v) is 8.50. The zero-order chi connectivity index (χ0) is 24.6. The zero-order valence-corrected chi connectivity index (χ0v) is 19.8. The van der Waals surface area contributed by atoms with Crippen molar-refractivity contribution in [1.29, 1.82) is 0 Å². The molecule has 2 fully saturated rings. The van der Waals surface area contributed by atoms with Crippen LogP contribution in [0.15, 0.2) is 29.2 Å². The van der Waals surface area contributed by atoms with Gasteiger partial charge in [-0.1, -0.05) is 0 Å². The molecule has 0 bridgehead atoms. The van der Waals surface area contributed by atoms with Gasteiger partial charge in [-0.15, -0.1) is 0 Å². The first-order valence-electron chi connectivity index (χ1n) is 11.3. The van der Waals surface area contributed by atoms with Crippen molar-refractivity contribution in [2.45, 2.75) is 50.6 Å². The van der Waals surface area contributed by atoms with Crippen LogP contribution in [0.5, 0.6) is 5.75 Å². The molecule has 0 radical (unpaired) electrons. The third-order valence-electron chi connectivity index (χ3n) is 6.23. The van der Waals surface area contributed by atoms with Crippen LogP contribution >= 0.6 is 0 Å². The summed E-state index contributed by atoms with van der Waals surface area (Å²) in [5.74, 6) is -1.81. The molecule has 12 heteroatoms. The molecule has 2 heterocycles. The Morgan fingerprint density at radius 1 is 1.09 bits per heavy atom. The molecule has 2 atom stereocenters. The van der Waals surface area contributed by atoms with E-state index in [1.54, 1.807) is 18.7 Å². The maximum absolute atomic E-state index is 13.8. The number of halogens is 2. The summed E-state index contributed by atoms with van der Waals surface area (Å²) in [6.07, 6.45) is 1.86. The molecular weight excluding hydrogens is 470 g/mol. The van der Waals surface area contributed by atoms with Gasteiger partial charge in [0.25, 0.3) is 0 Å². The predicted octanol–water partition coefficient (Wildman–Crippen LogP) is 1.66. The summed E-state index contributed by atoms with van der Waals surface area (Å²) in [6, 6.07) is 2.67. The third kappa shape index (κ3) is 4.80. The molecule has 1 saturated carbocycles. The topological polar surface area (TPSA) is 105 Å². The van der Waals surface area contributed by atoms with Gasteiger partial charge in [0.15, 0.2) is 0 Å². The van der Waals surface area contributed by atoms with Crippen LogP contribution in [0.25, 0.3) is 5.69 Å². The van der Waals surface area contributed by atoms with Gasteiger partial charge < -0.3 is 14.7 Å². The SMILES string of the molecule is CC(C)S(=O)(=O)N1CCN(c2cnn(-c3cc(F)cc(F)c3)c(=O)c2O[C@H]2CCC[C@H]2O)CC1. The second kappa shape index (κ2) is 9.59. The highest BCUT2D eigenvalue weighted by atomic mass is 32.2. The summed E-state index contributed by atoms with van der Waals surface area (Å²) in [4.78, 5) is 15.2. The molecule has 9 nitrogen and oxygen atoms in total. The molecule has 34 heavy (non-hydrogen) atoms. The van der Waals surface area contributed by atoms with E-state index in [0.717, 1.165) is 23.2 Å². The fraction of sp³-hybridized carbons (Fsp3) is 0.545. The van der Waals surface area contributed by atoms with E-state index in [1.807, 2.05) is 0 Å². The Kier molecular flexibility index (Phi) is 6.92. The van der Waals surface area contributed by atoms with Crippen molar-refractivity contribution in [3.8, 4) is 11.4 Å². The molecule has 0 spiro atoms. The van der Waals surface area contributed by atoms with Crippen molar-refractivity contribution in [3.63, 3.8) is 0 Å². The Bertz CT molecular complexity index is 1190. The molecule has 4 rings (SSSR count). The number of sulfonamides is 1. The Morgan fingerprint density at radius 2 is 1.74 bits per heavy atom. The average molecular weight is 499 g/mol. The average Bonchev–Trinajstić information content (AvgIpc) is 3.18. The molecular formula is C22H28F2N4O5S. The molecule has 1 aliphatic heterocycles. The Hall–Kier alpha value is -2.57. The quantitative estimate of drug-likeness (QED) is 0.646. The Labute approximate surface area is 196 Å². The zero-order valence-electron chi connectivity index (χ0n) is 19.0. The van der Waals surface area contributed by atoms with Gasteiger partial charge >= 0.3 is 5.56 Å². The number of rotatable bonds is 6. The second-order valence-corrected chi connectivity index (χ2v) is 11.3. The lowest BCUT2D eigenvalue weighted by atomic mass is 10.2. The summed E-state index contributed by atoms with van der Waals surface area (Å²) in [5.41, 5.74) is -0.476. The summed E-state index contributed by atoms with van der Waals surface area (Å²) < 4.78 is 60.8. The highest BCUT2D eigenvalue weighted by molar-refractivity contribution is 7.89. The van der Waals surface area contributed by atoms with E-state index in [-0.39, 0.29) is 24.5 Å². The number of benzene rings is 1. The van der Waals surface area contributed by atoms with Gasteiger partial charge in [0.05, 0.1) is 23.2 Å². The molecule has 1 saturated heterocycles. The minimum atomic E-state index is -3.41. The molecule has 0 unspecified atom stereocenters. The highest BCUT2D eigenvalue weighted by Gasteiger charge is 2.33. The largest absolute Gasteiger partial charge is 0.480 e. The van der Waals surface area contributed by atoms with E-state index in [4.69, 9.17) is 4.74 Å². The minimum Gasteiger partial charge on any atom is -0.480 e. The van der Waals surface area contributed by atoms with Gasteiger partial charge in [-0.3, -0.25) is 4.79 Å². The number of anilines is 1. The molecule has 186 valence electrons. The van der Waals surface area contributed by atoms with E-state index in [2.05, 4.69) is 5.10 Å². The lowest BCUT2D eigenvalue weighted by molar-refractivity contribution is 0.0593. The van der Waals surface area contributed by atoms with Crippen molar-refractivity contribution < 1.29 is 27.0 Å². The minimum absolute atomic E-state index is 0.0919. The first-order valence-corrected chi connectivity index (χ1v) is 12.8. The fourth-order valence-electron chi connectivity index (χ4n) is 4.29. The number of nitrogens with zero attached hydrogens (tertiary/aromatic N) is 4. The number of aliphatic hydroxyl groups excluding tert-OH is 1. The van der Waals surface area contributed by atoms with Crippen LogP contribution in [0.2, 0.25) is 0 Å². The number of ether oxygens (including phenoxy) is 1. The van der Waals surface area contributed by atoms with E-state index >= 15 is 0 Å². The molecule has 0 amide bonds. The van der Waals surface area contributed by atoms with Crippen molar-refractivity contribution >= 4 is 15.7 Å². The molecule has 1 N–H and O–H groups in total. The van der Waals surface area contributed by atoms with Gasteiger partial charge in [-0.2, -0.15) is 14.1 Å². The molecule has 2 aliphatic rings. The molecule has 1 aliphatic carbocycles. The van der Waals surface area contributed by atoms with Crippen LogP contribution in [-0.4, -0.2) is 71.2 Å². The smallest absolute Gasteiger partial charge is 0.316 e. The number of aromatic nitrogens is 2. The van der Waals surface area contributed by atoms with E-state index in [1.165, 1.54) is 10.5 Å². The first-order chi connectivity index (χ1) is 16.1. The van der Waals surface area contributed by atoms with E-state index in [9.17, 15) is 27.1 Å². The van der Waals surface area contributed by atoms with Crippen LogP contribution in [0, 0.1) is 11.6 Å². The van der Waals surface area contributed by atoms with Crippen LogP contribution in [0.3, 0.4) is 0 Å². The summed E-state index contributed by atoms with van der Waals surface area (Å²) in [5, 5.41) is 13.8. The fourth-order valence-corrected chi connectivity index (χ4v) is 5.56. The van der Waals surface area contributed by atoms with Crippen LogP contribution in [-0.2, 0) is 10.0 Å². The van der Waals surface area contributed by atoms with E-state index in [0.29, 0.717) is 37.7 Å². The van der Waals surface area contributed by atoms with Crippen LogP contribution in [0.1, 0.15) is 33.1 Å². The summed E-state index contributed by atoms with van der Waals surface area (Å²) in [6.45, 7) is 4.30. The number of hydrogen-bond donors (Lipinski definition) is 1. The van der Waals surface area contributed by atoms with Gasteiger partial charge in [-0.25, -0.2) is 17.2 Å². The highest BCUT2D eigenvalue weighted by Crippen LogP contribution is 2.31. The maximum atomic E-state index is 13.8. The van der Waals surface area contributed by atoms with E-state index < -0.39 is 44.7 Å². The summed E-state index contributed by atoms with van der Waals surface area (Å²) in [7, 11) is -3.41. The van der Waals surface area contributed by atoms with Crippen LogP contribution in [0.4, 0.5) is 14.5 Å². The lowest BCUT2D eigenvalue weighted by Gasteiger charge is -2.36. The van der Waals surface area contributed by atoms with Crippen molar-refractivity contribution in [1.82, 2.24) is 14.1 Å². The Balaban J connectivity index is 1.70. The number of hydrogen-bond acceptors (Lipinski definition) is 7. The Morgan fingerprint density at radius 3 is 2.29 bits per heavy atom. The molecule has 1 aromatic carbocycles. The summed E-state index contributed by atoms with van der Waals surface area (Å²) >= 11 is 0. The molecule has 2 aromatic rings. The first kappa shape index (κ1) is 24.6. The predicted molar refractivity (Wildman–Crippen MR) is 122 cm³/mol. The number of piperazine rings is 1. The van der Waals surface area contributed by atoms with Crippen molar-refractivity contribution in [3.05, 3.63) is 46.4 Å². The van der Waals surface area contributed by atoms with Crippen LogP contribution < -0.4 is 15.2 Å². The number of aliphatic hydroxyl groups is 1. The monoisotopic (exact) mass is 498 g/mol. The second-order valence-electron chi connectivity index (χ2n) is 8.84. The molecule has 1 aromatic heterocycles. The van der Waals surface area contributed by atoms with Crippen molar-refractivity contribution in [2.24, 2.45) is 0 Å². The van der Waals surface area contributed by atoms with Gasteiger partial charge in [0, 0.05) is 32.2 Å². The van der Waals surface area contributed by atoms with Crippen molar-refractivity contribution in [2.75, 3.05) is 31.1 Å². The van der Waals surface area contributed by atoms with Gasteiger partial charge in [0.2, 0.25) is 15.8 Å². The normalized spacial score (nSPS) is 21.9. The maximum Gasteiger partial charge on any atom is 0.316 e. The van der Waals surface area contributed by atoms with Gasteiger partial charge in [-0.05, 0) is 45.2 Å². The lowest BCUT2D eigenvalue weighted by Crippen LogP contribution is -2.51. The van der Waals surface area contributed by atoms with Gasteiger partial charge in [0.1, 0.15) is 23.4 Å².